The third kappa shape index (κ3) is 4.78. The Bertz CT molecular complexity index is 1030. The van der Waals surface area contributed by atoms with Crippen molar-refractivity contribution in [3.8, 4) is 5.75 Å². The highest BCUT2D eigenvalue weighted by Crippen LogP contribution is 2.47. The quantitative estimate of drug-likeness (QED) is 0.370. The van der Waals surface area contributed by atoms with Crippen LogP contribution in [0.2, 0.25) is 0 Å². The lowest BCUT2D eigenvalue weighted by atomic mass is 9.79. The molecule has 7 nitrogen and oxygen atoms in total. The Balaban J connectivity index is 1.72. The molecule has 2 aromatic carbocycles. The van der Waals surface area contributed by atoms with E-state index in [0.29, 0.717) is 26.0 Å². The number of anilines is 1. The summed E-state index contributed by atoms with van der Waals surface area (Å²) in [7, 11) is 0. The third-order valence-corrected chi connectivity index (χ3v) is 5.93. The van der Waals surface area contributed by atoms with Gasteiger partial charge in [0.15, 0.2) is 0 Å². The van der Waals surface area contributed by atoms with Crippen LogP contribution in [0.15, 0.2) is 77.9 Å². The Morgan fingerprint density at radius 1 is 1.06 bits per heavy atom. The summed E-state index contributed by atoms with van der Waals surface area (Å²) in [5.41, 5.74) is 2.73. The molecule has 3 atom stereocenters. The number of hydrogen-bond acceptors (Lipinski definition) is 7. The number of nitrogens with one attached hydrogen (secondary N) is 1. The van der Waals surface area contributed by atoms with Gasteiger partial charge in [-0.15, -0.1) is 0 Å². The Morgan fingerprint density at radius 2 is 1.85 bits per heavy atom. The largest absolute Gasteiger partial charge is 0.494 e. The van der Waals surface area contributed by atoms with Gasteiger partial charge in [-0.2, -0.15) is 0 Å². The van der Waals surface area contributed by atoms with Gasteiger partial charge in [0.2, 0.25) is 0 Å². The monoisotopic (exact) mass is 449 g/mol. The van der Waals surface area contributed by atoms with E-state index in [0.717, 1.165) is 28.1 Å². The smallest absolute Gasteiger partial charge is 0.293 e. The Morgan fingerprint density at radius 3 is 2.61 bits per heavy atom. The first-order valence-corrected chi connectivity index (χ1v) is 10.9. The molecule has 0 saturated carbocycles. The summed E-state index contributed by atoms with van der Waals surface area (Å²) in [6.45, 7) is 3.47. The van der Waals surface area contributed by atoms with Crippen LogP contribution in [0, 0.1) is 0 Å². The number of rotatable bonds is 13. The summed E-state index contributed by atoms with van der Waals surface area (Å²) in [5, 5.41) is 3.63. The van der Waals surface area contributed by atoms with Crippen LogP contribution >= 0.6 is 0 Å². The van der Waals surface area contributed by atoms with Crippen LogP contribution < -0.4 is 10.1 Å². The maximum absolute atomic E-state index is 11.0. The van der Waals surface area contributed by atoms with Gasteiger partial charge >= 0.3 is 0 Å². The zero-order valence-electron chi connectivity index (χ0n) is 18.4. The van der Waals surface area contributed by atoms with Crippen molar-refractivity contribution in [2.24, 2.45) is 0 Å². The summed E-state index contributed by atoms with van der Waals surface area (Å²) in [5.74, 6) is 0.769. The van der Waals surface area contributed by atoms with E-state index in [1.54, 1.807) is 0 Å². The lowest BCUT2D eigenvalue weighted by Crippen LogP contribution is -2.48. The van der Waals surface area contributed by atoms with E-state index in [1.165, 1.54) is 0 Å². The molecule has 7 heteroatoms. The molecule has 0 aliphatic carbocycles. The lowest BCUT2D eigenvalue weighted by molar-refractivity contribution is -0.129. The molecule has 2 aliphatic rings. The molecule has 33 heavy (non-hydrogen) atoms. The second kappa shape index (κ2) is 10.4. The van der Waals surface area contributed by atoms with Crippen LogP contribution in [0.3, 0.4) is 0 Å². The van der Waals surface area contributed by atoms with Gasteiger partial charge < -0.3 is 24.3 Å². The number of carbonyl (C=O) groups excluding carboxylic acids is 2. The minimum atomic E-state index is -0.868. The summed E-state index contributed by atoms with van der Waals surface area (Å²) in [6, 6.07) is 17.6. The van der Waals surface area contributed by atoms with Crippen molar-refractivity contribution in [3.05, 3.63) is 83.5 Å². The Hall–Kier alpha value is -3.58. The molecule has 2 aliphatic heterocycles. The molecule has 0 amide bonds. The average Bonchev–Trinajstić information content (AvgIpc) is 3.40. The number of carbonyl (C=O) groups is 2. The Kier molecular flexibility index (Phi) is 7.10. The first-order valence-electron chi connectivity index (χ1n) is 10.9. The standard InChI is InChI=1S/C26H27NO6/c1-2-32-21-10-6-9-20(14-21)27-25(13-19-7-4-3-5-8-19)26-12-11-24(33-26)22(15-30-17-28)23(26)16-31-18-29/h3-12,14,17-18,24-25,27H,2,13,15-16H2,1H3. The molecule has 0 aromatic heterocycles. The van der Waals surface area contributed by atoms with Crippen molar-refractivity contribution in [3.63, 3.8) is 0 Å². The lowest BCUT2D eigenvalue weighted by Gasteiger charge is -2.37. The molecule has 2 heterocycles. The highest BCUT2D eigenvalue weighted by Gasteiger charge is 2.53. The van der Waals surface area contributed by atoms with Gasteiger partial charge in [-0.3, -0.25) is 9.59 Å². The van der Waals surface area contributed by atoms with Crippen LogP contribution in [0.4, 0.5) is 5.69 Å². The van der Waals surface area contributed by atoms with E-state index < -0.39 is 5.60 Å². The molecule has 172 valence electrons. The fourth-order valence-electron chi connectivity index (χ4n) is 4.53. The van der Waals surface area contributed by atoms with E-state index >= 15 is 0 Å². The van der Waals surface area contributed by atoms with Crippen LogP contribution in [0.25, 0.3) is 0 Å². The highest BCUT2D eigenvalue weighted by molar-refractivity contribution is 5.56. The minimum Gasteiger partial charge on any atom is -0.494 e. The molecule has 4 rings (SSSR count). The number of benzene rings is 2. The van der Waals surface area contributed by atoms with Crippen molar-refractivity contribution < 1.29 is 28.5 Å². The van der Waals surface area contributed by atoms with Crippen LogP contribution in [-0.4, -0.2) is 50.5 Å². The van der Waals surface area contributed by atoms with E-state index in [9.17, 15) is 9.59 Å². The van der Waals surface area contributed by atoms with Crippen molar-refractivity contribution in [2.75, 3.05) is 25.1 Å². The topological polar surface area (TPSA) is 83.1 Å². The van der Waals surface area contributed by atoms with E-state index in [-0.39, 0.29) is 25.4 Å². The fourth-order valence-corrected chi connectivity index (χ4v) is 4.53. The SMILES string of the molecule is CCOc1cccc(NC(Cc2ccccc2)C23C=CC(O2)C(COC=O)=C3COC=O)c1. The average molecular weight is 450 g/mol. The normalized spacial score (nSPS) is 21.5. The molecule has 2 bridgehead atoms. The minimum absolute atomic E-state index is 0.0495. The van der Waals surface area contributed by atoms with Crippen LogP contribution in [-0.2, 0) is 30.2 Å². The van der Waals surface area contributed by atoms with Gasteiger partial charge in [0.25, 0.3) is 12.9 Å². The van der Waals surface area contributed by atoms with Gasteiger partial charge in [-0.05, 0) is 37.1 Å². The van der Waals surface area contributed by atoms with Gasteiger partial charge in [-0.25, -0.2) is 0 Å². The molecule has 1 N–H and O–H groups in total. The second-order valence-corrected chi connectivity index (χ2v) is 7.86. The van der Waals surface area contributed by atoms with Gasteiger partial charge in [0.05, 0.1) is 12.6 Å². The molecule has 0 saturated heterocycles. The molecular formula is C26H27NO6. The van der Waals surface area contributed by atoms with E-state index in [1.807, 2.05) is 61.5 Å². The summed E-state index contributed by atoms with van der Waals surface area (Å²) in [4.78, 5) is 21.9. The molecule has 0 radical (unpaired) electrons. The molecule has 0 fully saturated rings. The van der Waals surface area contributed by atoms with Crippen molar-refractivity contribution in [1.82, 2.24) is 0 Å². The zero-order chi connectivity index (χ0) is 23.1. The van der Waals surface area contributed by atoms with Gasteiger partial charge in [0.1, 0.15) is 30.7 Å². The maximum Gasteiger partial charge on any atom is 0.293 e. The number of ether oxygens (including phenoxy) is 4. The first kappa shape index (κ1) is 22.6. The maximum atomic E-state index is 11.0. The molecular weight excluding hydrogens is 422 g/mol. The first-order chi connectivity index (χ1) is 16.2. The van der Waals surface area contributed by atoms with Gasteiger partial charge in [0, 0.05) is 22.9 Å². The predicted octanol–water partition coefficient (Wildman–Crippen LogP) is 3.46. The zero-order valence-corrected chi connectivity index (χ0v) is 18.4. The van der Waals surface area contributed by atoms with Crippen LogP contribution in [0.5, 0.6) is 5.75 Å². The predicted molar refractivity (Wildman–Crippen MR) is 123 cm³/mol. The molecule has 3 unspecified atom stereocenters. The fraction of sp³-hybridized carbons (Fsp3) is 0.308. The number of hydrogen-bond donors (Lipinski definition) is 1. The van der Waals surface area contributed by atoms with Gasteiger partial charge in [-0.1, -0.05) is 42.5 Å². The van der Waals surface area contributed by atoms with E-state index in [4.69, 9.17) is 18.9 Å². The van der Waals surface area contributed by atoms with Crippen molar-refractivity contribution >= 4 is 18.6 Å². The summed E-state index contributed by atoms with van der Waals surface area (Å²) in [6.07, 6.45) is 4.27. The second-order valence-electron chi connectivity index (χ2n) is 7.86. The van der Waals surface area contributed by atoms with Crippen molar-refractivity contribution in [2.45, 2.75) is 31.1 Å². The van der Waals surface area contributed by atoms with E-state index in [2.05, 4.69) is 17.4 Å². The molecule has 0 spiro atoms. The van der Waals surface area contributed by atoms with Crippen LogP contribution in [0.1, 0.15) is 12.5 Å². The third-order valence-electron chi connectivity index (χ3n) is 5.93. The summed E-state index contributed by atoms with van der Waals surface area (Å²) >= 11 is 0. The highest BCUT2D eigenvalue weighted by atomic mass is 16.5. The summed E-state index contributed by atoms with van der Waals surface area (Å²) < 4.78 is 22.4. The molecule has 2 aromatic rings. The van der Waals surface area contributed by atoms with Crippen molar-refractivity contribution in [1.29, 1.82) is 0 Å². The Labute approximate surface area is 193 Å². The number of fused-ring (bicyclic) bond motifs is 2.